The van der Waals surface area contributed by atoms with Gasteiger partial charge in [-0.3, -0.25) is 9.69 Å². The summed E-state index contributed by atoms with van der Waals surface area (Å²) in [5.74, 6) is 0.939. The topological polar surface area (TPSA) is 91.3 Å². The van der Waals surface area contributed by atoms with Crippen molar-refractivity contribution in [2.24, 2.45) is 0 Å². The van der Waals surface area contributed by atoms with Gasteiger partial charge in [-0.25, -0.2) is 4.98 Å². The third-order valence-electron chi connectivity index (χ3n) is 11.0. The largest absolute Gasteiger partial charge is 0.481 e. The molecule has 264 valence electrons. The molecule has 3 aromatic heterocycles. The van der Waals surface area contributed by atoms with E-state index in [1.165, 1.54) is 32.1 Å². The number of H-pyrrole nitrogens is 1. The van der Waals surface area contributed by atoms with Crippen LogP contribution in [0.1, 0.15) is 59.8 Å². The summed E-state index contributed by atoms with van der Waals surface area (Å²) in [5, 5.41) is 5.42. The molecule has 0 spiro atoms. The van der Waals surface area contributed by atoms with E-state index in [0.717, 1.165) is 70.7 Å². The van der Waals surface area contributed by atoms with Gasteiger partial charge in [0.15, 0.2) is 5.82 Å². The summed E-state index contributed by atoms with van der Waals surface area (Å²) in [7, 11) is 1.62. The van der Waals surface area contributed by atoms with E-state index in [9.17, 15) is 4.79 Å². The van der Waals surface area contributed by atoms with Crippen molar-refractivity contribution >= 4 is 51.5 Å². The fourth-order valence-corrected chi connectivity index (χ4v) is 8.86. The second-order valence-electron chi connectivity index (χ2n) is 14.0. The summed E-state index contributed by atoms with van der Waals surface area (Å²) in [4.78, 5) is 32.9. The number of aromatic nitrogens is 4. The van der Waals surface area contributed by atoms with Gasteiger partial charge < -0.3 is 24.5 Å². The Morgan fingerprint density at radius 3 is 2.42 bits per heavy atom. The van der Waals surface area contributed by atoms with Crippen molar-refractivity contribution in [1.29, 1.82) is 0 Å². The van der Waals surface area contributed by atoms with Crippen LogP contribution in [0.25, 0.3) is 33.4 Å². The predicted octanol–water partition coefficient (Wildman–Crippen LogP) is 9.07. The number of benzene rings is 3. The molecule has 5 heterocycles. The summed E-state index contributed by atoms with van der Waals surface area (Å²) in [6, 6.07) is 25.9. The summed E-state index contributed by atoms with van der Waals surface area (Å²) < 4.78 is 7.71. The third-order valence-corrected chi connectivity index (χ3v) is 11.4. The second-order valence-corrected chi connectivity index (χ2v) is 14.8. The van der Waals surface area contributed by atoms with Crippen LogP contribution in [0.5, 0.6) is 5.88 Å². The Balaban J connectivity index is 1.13. The normalized spacial score (nSPS) is 17.7. The number of anilines is 2. The molecule has 2 aliphatic heterocycles. The van der Waals surface area contributed by atoms with Crippen LogP contribution >= 0.6 is 23.2 Å². The number of hydrogen-bond donors (Lipinski definition) is 2. The number of aromatic amines is 1. The number of carbonyl (C=O) groups is 1. The van der Waals surface area contributed by atoms with E-state index in [-0.39, 0.29) is 11.9 Å². The van der Waals surface area contributed by atoms with Crippen LogP contribution in [-0.2, 0) is 0 Å². The standard InChI is InChI=1S/C41H39Cl2N7O2/c1-52-33-17-16-31(40(47-33)49-20-18-48(19-21-49)29-10-6-3-7-11-29)46-41(51)37-35-34-30(22-28(43)23-32(34)45-37)38(26-12-14-27(42)15-13-26)50-24-44-36(39(35)50)25-8-4-2-5-9-25/h2,4-5,8-9,12-17,22-24,29,38,45H,3,6-7,10-11,18-21H2,1H3,(H,46,51)/t38-/m1/s1. The minimum absolute atomic E-state index is 0.248. The SMILES string of the molecule is COc1ccc(NC(=O)c2[nH]c3cc(Cl)cc4c3c2-c2c(-c3ccccc3)ncn2[C@@H]4c2ccc(Cl)cc2)c(N2CCN(C3CCCCC3)CC2)n1. The number of nitrogens with zero attached hydrogens (tertiary/aromatic N) is 5. The van der Waals surface area contributed by atoms with E-state index >= 15 is 0 Å². The van der Waals surface area contributed by atoms with Crippen molar-refractivity contribution in [3.05, 3.63) is 112 Å². The van der Waals surface area contributed by atoms with Gasteiger partial charge >= 0.3 is 0 Å². The van der Waals surface area contributed by atoms with Crippen molar-refractivity contribution in [1.82, 2.24) is 24.4 Å². The number of pyridine rings is 1. The lowest BCUT2D eigenvalue weighted by molar-refractivity contribution is 0.102. The number of fused-ring (bicyclic) bond motifs is 2. The average Bonchev–Trinajstić information content (AvgIpc) is 3.79. The van der Waals surface area contributed by atoms with Crippen molar-refractivity contribution < 1.29 is 9.53 Å². The number of methoxy groups -OCH3 is 1. The van der Waals surface area contributed by atoms with Gasteiger partial charge in [-0.05, 0) is 54.3 Å². The first-order valence-electron chi connectivity index (χ1n) is 18.1. The first-order chi connectivity index (χ1) is 25.5. The number of imidazole rings is 1. The van der Waals surface area contributed by atoms with Gasteiger partial charge in [-0.1, -0.05) is 84.9 Å². The Bertz CT molecular complexity index is 2270. The van der Waals surface area contributed by atoms with E-state index in [0.29, 0.717) is 39.2 Å². The number of carbonyl (C=O) groups excluding carboxylic acids is 1. The molecule has 11 heteroatoms. The third kappa shape index (κ3) is 5.81. The molecule has 9 nitrogen and oxygen atoms in total. The van der Waals surface area contributed by atoms with Crippen LogP contribution in [0.15, 0.2) is 85.2 Å². The molecule has 0 unspecified atom stereocenters. The maximum atomic E-state index is 14.7. The van der Waals surface area contributed by atoms with E-state index in [1.807, 2.05) is 79.1 Å². The van der Waals surface area contributed by atoms with E-state index in [1.54, 1.807) is 13.2 Å². The highest BCUT2D eigenvalue weighted by Gasteiger charge is 2.36. The van der Waals surface area contributed by atoms with Crippen LogP contribution in [0.2, 0.25) is 10.0 Å². The van der Waals surface area contributed by atoms with Gasteiger partial charge in [-0.15, -0.1) is 0 Å². The van der Waals surface area contributed by atoms with Crippen molar-refractivity contribution in [2.75, 3.05) is 43.5 Å². The smallest absolute Gasteiger partial charge is 0.272 e. The van der Waals surface area contributed by atoms with Crippen LogP contribution in [0, 0.1) is 0 Å². The van der Waals surface area contributed by atoms with Crippen LogP contribution in [-0.4, -0.2) is 69.7 Å². The number of piperazine rings is 1. The van der Waals surface area contributed by atoms with Crippen LogP contribution in [0.3, 0.4) is 0 Å². The molecule has 0 radical (unpaired) electrons. The molecule has 1 atom stereocenters. The average molecular weight is 733 g/mol. The van der Waals surface area contributed by atoms with Gasteiger partial charge in [-0.2, -0.15) is 4.98 Å². The lowest BCUT2D eigenvalue weighted by atomic mass is 9.88. The van der Waals surface area contributed by atoms with Gasteiger partial charge in [0.25, 0.3) is 5.91 Å². The van der Waals surface area contributed by atoms with Crippen molar-refractivity contribution in [3.63, 3.8) is 0 Å². The molecule has 9 rings (SSSR count). The fraction of sp³-hybridized carbons (Fsp3) is 0.293. The molecular weight excluding hydrogens is 693 g/mol. The lowest BCUT2D eigenvalue weighted by Crippen LogP contribution is -2.51. The zero-order valence-electron chi connectivity index (χ0n) is 28.9. The van der Waals surface area contributed by atoms with E-state index in [4.69, 9.17) is 37.9 Å². The molecule has 1 saturated carbocycles. The summed E-state index contributed by atoms with van der Waals surface area (Å²) in [6.45, 7) is 3.58. The maximum absolute atomic E-state index is 14.7. The molecule has 2 N–H and O–H groups in total. The molecule has 3 aromatic carbocycles. The molecule has 52 heavy (non-hydrogen) atoms. The number of halogens is 2. The van der Waals surface area contributed by atoms with Crippen molar-refractivity contribution in [3.8, 4) is 28.4 Å². The monoisotopic (exact) mass is 731 g/mol. The van der Waals surface area contributed by atoms with Gasteiger partial charge in [0.2, 0.25) is 5.88 Å². The number of rotatable bonds is 7. The molecule has 3 aliphatic rings. The molecule has 2 fully saturated rings. The van der Waals surface area contributed by atoms with Gasteiger partial charge in [0, 0.05) is 70.4 Å². The molecular formula is C41H39Cl2N7O2. The molecule has 0 bridgehead atoms. The second kappa shape index (κ2) is 13.6. The Kier molecular flexibility index (Phi) is 8.65. The highest BCUT2D eigenvalue weighted by molar-refractivity contribution is 6.32. The summed E-state index contributed by atoms with van der Waals surface area (Å²) in [5.41, 5.74) is 7.22. The first-order valence-corrected chi connectivity index (χ1v) is 18.8. The molecule has 1 amide bonds. The van der Waals surface area contributed by atoms with Crippen molar-refractivity contribution in [2.45, 2.75) is 44.2 Å². The van der Waals surface area contributed by atoms with Crippen LogP contribution < -0.4 is 15.0 Å². The number of ether oxygens (including phenoxy) is 1. The summed E-state index contributed by atoms with van der Waals surface area (Å²) >= 11 is 13.1. The minimum Gasteiger partial charge on any atom is -0.481 e. The maximum Gasteiger partial charge on any atom is 0.272 e. The zero-order valence-corrected chi connectivity index (χ0v) is 30.4. The Morgan fingerprint density at radius 1 is 0.904 bits per heavy atom. The first kappa shape index (κ1) is 33.0. The fourth-order valence-electron chi connectivity index (χ4n) is 8.51. The highest BCUT2D eigenvalue weighted by Crippen LogP contribution is 2.50. The summed E-state index contributed by atoms with van der Waals surface area (Å²) in [6.07, 6.45) is 8.40. The van der Waals surface area contributed by atoms with Gasteiger partial charge in [0.1, 0.15) is 5.69 Å². The predicted molar refractivity (Wildman–Crippen MR) is 208 cm³/mol. The Hall–Kier alpha value is -4.83. The van der Waals surface area contributed by atoms with Crippen LogP contribution in [0.4, 0.5) is 11.5 Å². The van der Waals surface area contributed by atoms with E-state index in [2.05, 4.69) is 24.7 Å². The quantitative estimate of drug-likeness (QED) is 0.170. The molecule has 6 aromatic rings. The number of amides is 1. The Labute approximate surface area is 312 Å². The number of hydrogen-bond acceptors (Lipinski definition) is 6. The minimum atomic E-state index is -0.279. The van der Waals surface area contributed by atoms with Gasteiger partial charge in [0.05, 0.1) is 36.6 Å². The number of nitrogens with one attached hydrogen (secondary N) is 2. The Morgan fingerprint density at radius 2 is 1.67 bits per heavy atom. The molecule has 1 aliphatic carbocycles. The zero-order chi connectivity index (χ0) is 35.3. The van der Waals surface area contributed by atoms with E-state index < -0.39 is 0 Å². The lowest BCUT2D eigenvalue weighted by Gasteiger charge is -2.41. The highest BCUT2D eigenvalue weighted by atomic mass is 35.5. The molecule has 1 saturated heterocycles.